The molecule has 0 N–H and O–H groups in total. The number of hydrogen-bond donors (Lipinski definition) is 0. The molecule has 0 spiro atoms. The van der Waals surface area contributed by atoms with Crippen LogP contribution in [-0.2, 0) is 6.42 Å². The Morgan fingerprint density at radius 3 is 2.38 bits per heavy atom. The summed E-state index contributed by atoms with van der Waals surface area (Å²) in [5.74, 6) is 2.07. The van der Waals surface area contributed by atoms with E-state index in [9.17, 15) is 5.26 Å². The maximum Gasteiger partial charge on any atom is 0.223 e. The fraction of sp³-hybridized carbons (Fsp3) is 0.250. The molecule has 0 fully saturated rings. The van der Waals surface area contributed by atoms with Crippen molar-refractivity contribution in [2.75, 3.05) is 14.2 Å². The lowest BCUT2D eigenvalue weighted by molar-refractivity contribution is 0.354. The van der Waals surface area contributed by atoms with Crippen LogP contribution in [-0.4, -0.2) is 24.4 Å². The van der Waals surface area contributed by atoms with Gasteiger partial charge in [-0.2, -0.15) is 10.2 Å². The Balaban J connectivity index is 1.79. The predicted molar refractivity (Wildman–Crippen MR) is 96.1 cm³/mol. The second-order valence-corrected chi connectivity index (χ2v) is 5.83. The van der Waals surface area contributed by atoms with E-state index in [1.54, 1.807) is 21.1 Å². The number of nitriles is 1. The first-order chi connectivity index (χ1) is 12.6. The maximum absolute atomic E-state index is 9.61. The van der Waals surface area contributed by atoms with Gasteiger partial charge in [-0.15, -0.1) is 0 Å². The molecule has 6 heteroatoms. The zero-order valence-electron chi connectivity index (χ0n) is 14.9. The maximum atomic E-state index is 9.61. The summed E-state index contributed by atoms with van der Waals surface area (Å²) in [7, 11) is 3.17. The van der Waals surface area contributed by atoms with Gasteiger partial charge >= 0.3 is 0 Å². The quantitative estimate of drug-likeness (QED) is 0.671. The number of benzene rings is 2. The summed E-state index contributed by atoms with van der Waals surface area (Å²) in [6, 6.07) is 15.8. The van der Waals surface area contributed by atoms with E-state index in [0.29, 0.717) is 29.6 Å². The lowest BCUT2D eigenvalue weighted by atomic mass is 9.92. The Bertz CT molecular complexity index is 926. The van der Waals surface area contributed by atoms with E-state index in [0.717, 1.165) is 16.7 Å². The Labute approximate surface area is 152 Å². The van der Waals surface area contributed by atoms with E-state index in [2.05, 4.69) is 16.2 Å². The second kappa shape index (κ2) is 7.70. The average molecular weight is 349 g/mol. The number of nitrogens with zero attached hydrogens (tertiary/aromatic N) is 3. The van der Waals surface area contributed by atoms with Crippen molar-refractivity contribution in [2.45, 2.75) is 19.3 Å². The largest absolute Gasteiger partial charge is 0.493 e. The van der Waals surface area contributed by atoms with Crippen LogP contribution in [0.25, 0.3) is 11.4 Å². The standard InChI is InChI=1S/C20H19N3O3/c1-13-22-20(23-26-13)15-6-4-14(5-7-15)10-17(12-21)16-8-9-18(24-2)19(11-16)25-3/h4-9,11,17H,10H2,1-3H3. The van der Waals surface area contributed by atoms with Gasteiger partial charge in [0.2, 0.25) is 11.7 Å². The normalized spacial score (nSPS) is 11.6. The first-order valence-corrected chi connectivity index (χ1v) is 8.15. The highest BCUT2D eigenvalue weighted by atomic mass is 16.5. The molecule has 2 aromatic carbocycles. The van der Waals surface area contributed by atoms with Gasteiger partial charge in [-0.05, 0) is 29.7 Å². The van der Waals surface area contributed by atoms with Crippen molar-refractivity contribution >= 4 is 0 Å². The van der Waals surface area contributed by atoms with Crippen LogP contribution in [0.5, 0.6) is 11.5 Å². The van der Waals surface area contributed by atoms with Gasteiger partial charge in [0.25, 0.3) is 0 Å². The third-order valence-electron chi connectivity index (χ3n) is 4.15. The highest BCUT2D eigenvalue weighted by molar-refractivity contribution is 5.55. The van der Waals surface area contributed by atoms with Gasteiger partial charge in [0.05, 0.1) is 26.2 Å². The molecule has 0 aliphatic rings. The third kappa shape index (κ3) is 3.67. The fourth-order valence-electron chi connectivity index (χ4n) is 2.75. The van der Waals surface area contributed by atoms with Crippen molar-refractivity contribution in [3.8, 4) is 29.0 Å². The van der Waals surface area contributed by atoms with Crippen LogP contribution in [0.1, 0.15) is 22.9 Å². The van der Waals surface area contributed by atoms with Gasteiger partial charge in [0.1, 0.15) is 0 Å². The minimum atomic E-state index is -0.284. The molecule has 1 atom stereocenters. The molecule has 3 rings (SSSR count). The molecule has 26 heavy (non-hydrogen) atoms. The van der Waals surface area contributed by atoms with Crippen molar-refractivity contribution in [3.63, 3.8) is 0 Å². The van der Waals surface area contributed by atoms with Crippen molar-refractivity contribution in [3.05, 3.63) is 59.5 Å². The zero-order valence-corrected chi connectivity index (χ0v) is 14.9. The molecule has 0 amide bonds. The van der Waals surface area contributed by atoms with Crippen molar-refractivity contribution < 1.29 is 14.0 Å². The molecule has 6 nitrogen and oxygen atoms in total. The first-order valence-electron chi connectivity index (χ1n) is 8.15. The SMILES string of the molecule is COc1ccc(C(C#N)Cc2ccc(-c3noc(C)n3)cc2)cc1OC. The summed E-state index contributed by atoms with van der Waals surface area (Å²) in [5.41, 5.74) is 2.82. The molecule has 0 saturated carbocycles. The van der Waals surface area contributed by atoms with Crippen molar-refractivity contribution in [1.82, 2.24) is 10.1 Å². The molecular formula is C20H19N3O3. The summed E-state index contributed by atoms with van der Waals surface area (Å²) in [5, 5.41) is 13.5. The van der Waals surface area contributed by atoms with E-state index in [-0.39, 0.29) is 5.92 Å². The molecule has 0 aliphatic heterocycles. The lowest BCUT2D eigenvalue weighted by Gasteiger charge is -2.13. The van der Waals surface area contributed by atoms with E-state index in [1.165, 1.54) is 0 Å². The van der Waals surface area contributed by atoms with E-state index in [1.807, 2.05) is 42.5 Å². The summed E-state index contributed by atoms with van der Waals surface area (Å²) in [4.78, 5) is 4.21. The molecule has 1 unspecified atom stereocenters. The molecule has 3 aromatic rings. The van der Waals surface area contributed by atoms with E-state index in [4.69, 9.17) is 14.0 Å². The smallest absolute Gasteiger partial charge is 0.223 e. The molecule has 0 bridgehead atoms. The Kier molecular flexibility index (Phi) is 5.18. The Morgan fingerprint density at radius 1 is 1.08 bits per heavy atom. The number of aromatic nitrogens is 2. The van der Waals surface area contributed by atoms with Gasteiger partial charge in [-0.1, -0.05) is 35.5 Å². The van der Waals surface area contributed by atoms with Crippen LogP contribution < -0.4 is 9.47 Å². The molecule has 0 radical (unpaired) electrons. The van der Waals surface area contributed by atoms with Crippen LogP contribution in [0.4, 0.5) is 0 Å². The highest BCUT2D eigenvalue weighted by Gasteiger charge is 2.15. The van der Waals surface area contributed by atoms with Crippen LogP contribution in [0.2, 0.25) is 0 Å². The second-order valence-electron chi connectivity index (χ2n) is 5.83. The number of rotatable bonds is 6. The van der Waals surface area contributed by atoms with Crippen LogP contribution in [0.3, 0.4) is 0 Å². The number of aryl methyl sites for hydroxylation is 1. The van der Waals surface area contributed by atoms with Crippen molar-refractivity contribution in [2.24, 2.45) is 0 Å². The highest BCUT2D eigenvalue weighted by Crippen LogP contribution is 2.32. The molecule has 1 heterocycles. The molecule has 0 saturated heterocycles. The van der Waals surface area contributed by atoms with Crippen molar-refractivity contribution in [1.29, 1.82) is 5.26 Å². The molecular weight excluding hydrogens is 330 g/mol. The molecule has 0 aliphatic carbocycles. The van der Waals surface area contributed by atoms with Gasteiger partial charge in [-0.3, -0.25) is 0 Å². The molecule has 1 aromatic heterocycles. The van der Waals surface area contributed by atoms with Gasteiger partial charge in [0, 0.05) is 12.5 Å². The minimum absolute atomic E-state index is 0.284. The van der Waals surface area contributed by atoms with Gasteiger partial charge < -0.3 is 14.0 Å². The minimum Gasteiger partial charge on any atom is -0.493 e. The van der Waals surface area contributed by atoms with E-state index >= 15 is 0 Å². The zero-order chi connectivity index (χ0) is 18.5. The lowest BCUT2D eigenvalue weighted by Crippen LogP contribution is -2.02. The number of hydrogen-bond acceptors (Lipinski definition) is 6. The van der Waals surface area contributed by atoms with E-state index < -0.39 is 0 Å². The number of methoxy groups -OCH3 is 2. The van der Waals surface area contributed by atoms with Crippen LogP contribution in [0.15, 0.2) is 47.0 Å². The van der Waals surface area contributed by atoms with Gasteiger partial charge in [0.15, 0.2) is 11.5 Å². The summed E-state index contributed by atoms with van der Waals surface area (Å²) in [6.07, 6.45) is 0.595. The van der Waals surface area contributed by atoms with Crippen LogP contribution in [0, 0.1) is 18.3 Å². The topological polar surface area (TPSA) is 81.2 Å². The third-order valence-corrected chi connectivity index (χ3v) is 4.15. The average Bonchev–Trinajstić information content (AvgIpc) is 3.12. The van der Waals surface area contributed by atoms with Gasteiger partial charge in [-0.25, -0.2) is 0 Å². The summed E-state index contributed by atoms with van der Waals surface area (Å²) >= 11 is 0. The summed E-state index contributed by atoms with van der Waals surface area (Å²) in [6.45, 7) is 1.76. The Hall–Kier alpha value is -3.33. The summed E-state index contributed by atoms with van der Waals surface area (Å²) < 4.78 is 15.6. The first kappa shape index (κ1) is 17.5. The van der Waals surface area contributed by atoms with Crippen LogP contribution >= 0.6 is 0 Å². The number of ether oxygens (including phenoxy) is 2. The monoisotopic (exact) mass is 349 g/mol. The Morgan fingerprint density at radius 2 is 1.81 bits per heavy atom. The molecule has 132 valence electrons. The predicted octanol–water partition coefficient (Wildman–Crippen LogP) is 3.91. The fourth-order valence-corrected chi connectivity index (χ4v) is 2.75.